The number of carbonyl (C=O) groups excluding carboxylic acids is 2. The van der Waals surface area contributed by atoms with E-state index in [1.54, 1.807) is 24.0 Å². The second-order valence-corrected chi connectivity index (χ2v) is 5.72. The maximum Gasteiger partial charge on any atom is 0.269 e. The largest absolute Gasteiger partial charge is 0.477 e. The highest BCUT2D eigenvalue weighted by Crippen LogP contribution is 2.33. The molecule has 2 N–H and O–H groups in total. The van der Waals surface area contributed by atoms with E-state index < -0.39 is 6.10 Å². The molecule has 0 fully saturated rings. The lowest BCUT2D eigenvalue weighted by molar-refractivity contribution is -0.127. The highest BCUT2D eigenvalue weighted by Gasteiger charge is 2.35. The molecule has 2 amide bonds. The number of likely N-dealkylation sites (N-methyl/N-ethyl adjacent to an activating group) is 1. The van der Waals surface area contributed by atoms with Crippen LogP contribution in [-0.4, -0.2) is 36.0 Å². The molecule has 25 heavy (non-hydrogen) atoms. The number of hydrogen-bond acceptors (Lipinski definition) is 5. The molecule has 0 saturated heterocycles. The smallest absolute Gasteiger partial charge is 0.269 e. The van der Waals surface area contributed by atoms with Crippen LogP contribution in [0.25, 0.3) is 0 Å². The van der Waals surface area contributed by atoms with Gasteiger partial charge in [-0.3, -0.25) is 14.5 Å². The number of amides is 2. The predicted molar refractivity (Wildman–Crippen MR) is 95.6 cm³/mol. The number of ether oxygens (including phenoxy) is 1. The van der Waals surface area contributed by atoms with Crippen molar-refractivity contribution in [3.8, 4) is 5.75 Å². The van der Waals surface area contributed by atoms with Gasteiger partial charge in [-0.1, -0.05) is 18.2 Å². The Hall–Kier alpha value is -3.09. The van der Waals surface area contributed by atoms with E-state index >= 15 is 0 Å². The van der Waals surface area contributed by atoms with E-state index in [9.17, 15) is 9.59 Å². The van der Waals surface area contributed by atoms with Gasteiger partial charge in [-0.15, -0.1) is 0 Å². The Morgan fingerprint density at radius 2 is 2.00 bits per heavy atom. The number of anilines is 3. The first kappa shape index (κ1) is 16.8. The summed E-state index contributed by atoms with van der Waals surface area (Å²) in [7, 11) is 0. The van der Waals surface area contributed by atoms with Crippen molar-refractivity contribution in [2.24, 2.45) is 0 Å². The standard InChI is InChI=1S/C18H20N4O3/c1-3-21(13-7-5-4-6-8-13)16(23)11-22-17-14(9-10-15(19)20-17)25-12(2)18(22)24/h4-10,12H,3,11H2,1-2H3,(H2,19,20). The number of nitrogen functional groups attached to an aromatic ring is 1. The summed E-state index contributed by atoms with van der Waals surface area (Å²) in [4.78, 5) is 32.5. The van der Waals surface area contributed by atoms with Crippen LogP contribution in [0.15, 0.2) is 42.5 Å². The van der Waals surface area contributed by atoms with Crippen LogP contribution < -0.4 is 20.3 Å². The number of benzene rings is 1. The van der Waals surface area contributed by atoms with Crippen molar-refractivity contribution in [3.63, 3.8) is 0 Å². The third-order valence-corrected chi connectivity index (χ3v) is 4.01. The number of nitrogens with two attached hydrogens (primary N) is 1. The molecule has 1 aromatic carbocycles. The van der Waals surface area contributed by atoms with Gasteiger partial charge in [0, 0.05) is 12.2 Å². The molecule has 1 aliphatic rings. The Morgan fingerprint density at radius 1 is 1.28 bits per heavy atom. The molecular weight excluding hydrogens is 320 g/mol. The van der Waals surface area contributed by atoms with E-state index in [0.29, 0.717) is 12.3 Å². The Kier molecular flexibility index (Phi) is 4.56. The molecule has 0 radical (unpaired) electrons. The third kappa shape index (κ3) is 3.26. The zero-order chi connectivity index (χ0) is 18.0. The number of nitrogens with zero attached hydrogens (tertiary/aromatic N) is 3. The van der Waals surface area contributed by atoms with Crippen molar-refractivity contribution in [3.05, 3.63) is 42.5 Å². The van der Waals surface area contributed by atoms with E-state index in [1.807, 2.05) is 37.3 Å². The van der Waals surface area contributed by atoms with Gasteiger partial charge in [-0.05, 0) is 38.1 Å². The second kappa shape index (κ2) is 6.80. The highest BCUT2D eigenvalue weighted by molar-refractivity contribution is 6.06. The highest BCUT2D eigenvalue weighted by atomic mass is 16.5. The molecular formula is C18H20N4O3. The van der Waals surface area contributed by atoms with Gasteiger partial charge in [0.2, 0.25) is 5.91 Å². The van der Waals surface area contributed by atoms with E-state index in [2.05, 4.69) is 4.98 Å². The van der Waals surface area contributed by atoms with Gasteiger partial charge in [0.25, 0.3) is 5.91 Å². The van der Waals surface area contributed by atoms with Gasteiger partial charge < -0.3 is 15.4 Å². The van der Waals surface area contributed by atoms with Gasteiger partial charge in [-0.25, -0.2) is 4.98 Å². The fourth-order valence-electron chi connectivity index (χ4n) is 2.78. The topological polar surface area (TPSA) is 88.8 Å². The summed E-state index contributed by atoms with van der Waals surface area (Å²) in [5.74, 6) is 0.462. The summed E-state index contributed by atoms with van der Waals surface area (Å²) in [6, 6.07) is 12.6. The fraction of sp³-hybridized carbons (Fsp3) is 0.278. The Balaban J connectivity index is 1.89. The number of hydrogen-bond donors (Lipinski definition) is 1. The molecule has 2 heterocycles. The van der Waals surface area contributed by atoms with Gasteiger partial charge in [0.1, 0.15) is 12.4 Å². The van der Waals surface area contributed by atoms with Crippen LogP contribution in [0.3, 0.4) is 0 Å². The van der Waals surface area contributed by atoms with Crippen molar-refractivity contribution < 1.29 is 14.3 Å². The number of rotatable bonds is 4. The van der Waals surface area contributed by atoms with Crippen LogP contribution in [0, 0.1) is 0 Å². The lowest BCUT2D eigenvalue weighted by Gasteiger charge is -2.33. The van der Waals surface area contributed by atoms with E-state index in [1.165, 1.54) is 4.90 Å². The molecule has 1 aromatic heterocycles. The predicted octanol–water partition coefficient (Wildman–Crippen LogP) is 1.83. The minimum absolute atomic E-state index is 0.126. The zero-order valence-corrected chi connectivity index (χ0v) is 14.2. The fourth-order valence-corrected chi connectivity index (χ4v) is 2.78. The number of fused-ring (bicyclic) bond motifs is 1. The minimum atomic E-state index is -0.683. The quantitative estimate of drug-likeness (QED) is 0.917. The van der Waals surface area contributed by atoms with Gasteiger partial charge in [0.15, 0.2) is 17.7 Å². The van der Waals surface area contributed by atoms with Gasteiger partial charge in [0.05, 0.1) is 0 Å². The summed E-state index contributed by atoms with van der Waals surface area (Å²) in [6.07, 6.45) is -0.683. The second-order valence-electron chi connectivity index (χ2n) is 5.72. The van der Waals surface area contributed by atoms with E-state index in [4.69, 9.17) is 10.5 Å². The van der Waals surface area contributed by atoms with E-state index in [-0.39, 0.29) is 30.0 Å². The zero-order valence-electron chi connectivity index (χ0n) is 14.2. The molecule has 1 aliphatic heterocycles. The van der Waals surface area contributed by atoms with Gasteiger partial charge >= 0.3 is 0 Å². The van der Waals surface area contributed by atoms with Crippen molar-refractivity contribution in [2.75, 3.05) is 28.6 Å². The lowest BCUT2D eigenvalue weighted by Crippen LogP contribution is -2.50. The van der Waals surface area contributed by atoms with Crippen LogP contribution in [0.4, 0.5) is 17.3 Å². The van der Waals surface area contributed by atoms with E-state index in [0.717, 1.165) is 5.69 Å². The first-order chi connectivity index (χ1) is 12.0. The lowest BCUT2D eigenvalue weighted by atomic mass is 10.2. The van der Waals surface area contributed by atoms with Crippen molar-refractivity contribution >= 4 is 29.1 Å². The Bertz CT molecular complexity index is 794. The molecule has 7 nitrogen and oxygen atoms in total. The Labute approximate surface area is 146 Å². The normalized spacial score (nSPS) is 16.2. The molecule has 0 bridgehead atoms. The summed E-state index contributed by atoms with van der Waals surface area (Å²) >= 11 is 0. The molecule has 1 unspecified atom stereocenters. The molecule has 2 aromatic rings. The van der Waals surface area contributed by atoms with Crippen molar-refractivity contribution in [1.82, 2.24) is 4.98 Å². The molecule has 3 rings (SSSR count). The van der Waals surface area contributed by atoms with Crippen LogP contribution >= 0.6 is 0 Å². The number of para-hydroxylation sites is 1. The summed E-state index contributed by atoms with van der Waals surface area (Å²) < 4.78 is 5.55. The monoisotopic (exact) mass is 340 g/mol. The Morgan fingerprint density at radius 3 is 2.68 bits per heavy atom. The summed E-state index contributed by atoms with van der Waals surface area (Å²) in [5.41, 5.74) is 6.51. The van der Waals surface area contributed by atoms with Crippen molar-refractivity contribution in [1.29, 1.82) is 0 Å². The average Bonchev–Trinajstić information content (AvgIpc) is 2.61. The number of carbonyl (C=O) groups is 2. The molecule has 0 spiro atoms. The molecule has 130 valence electrons. The maximum atomic E-state index is 12.8. The number of pyridine rings is 1. The molecule has 1 atom stereocenters. The molecule has 7 heteroatoms. The summed E-state index contributed by atoms with van der Waals surface area (Å²) in [5, 5.41) is 0. The minimum Gasteiger partial charge on any atom is -0.477 e. The van der Waals surface area contributed by atoms with Crippen LogP contribution in [0.2, 0.25) is 0 Å². The van der Waals surface area contributed by atoms with Crippen molar-refractivity contribution in [2.45, 2.75) is 20.0 Å². The van der Waals surface area contributed by atoms with Gasteiger partial charge in [-0.2, -0.15) is 0 Å². The first-order valence-corrected chi connectivity index (χ1v) is 8.11. The maximum absolute atomic E-state index is 12.8. The first-order valence-electron chi connectivity index (χ1n) is 8.11. The molecule has 0 saturated carbocycles. The van der Waals surface area contributed by atoms with Crippen LogP contribution in [0.1, 0.15) is 13.8 Å². The average molecular weight is 340 g/mol. The number of aromatic nitrogens is 1. The third-order valence-electron chi connectivity index (χ3n) is 4.01. The van der Waals surface area contributed by atoms with Crippen LogP contribution in [-0.2, 0) is 9.59 Å². The molecule has 0 aliphatic carbocycles. The SMILES string of the molecule is CCN(C(=O)CN1C(=O)C(C)Oc2ccc(N)nc21)c1ccccc1. The van der Waals surface area contributed by atoms with Crippen LogP contribution in [0.5, 0.6) is 5.75 Å². The summed E-state index contributed by atoms with van der Waals surface area (Å²) in [6.45, 7) is 3.90.